The van der Waals surface area contributed by atoms with E-state index in [4.69, 9.17) is 4.74 Å². The van der Waals surface area contributed by atoms with E-state index in [9.17, 15) is 22.8 Å². The van der Waals surface area contributed by atoms with Crippen molar-refractivity contribution in [3.63, 3.8) is 0 Å². The maximum Gasteiger partial charge on any atom is 0.416 e. The van der Waals surface area contributed by atoms with Crippen LogP contribution in [0.5, 0.6) is 5.75 Å². The molecule has 0 aliphatic carbocycles. The Labute approximate surface area is 160 Å². The zero-order valence-electron chi connectivity index (χ0n) is 15.1. The SMILES string of the molecule is CCCNC(=O)[C@H]1CN(C(=O)c2ccc(C(F)(F)F)cc2)c2ccccc2O1. The van der Waals surface area contributed by atoms with Gasteiger partial charge in [-0.3, -0.25) is 9.59 Å². The second-order valence-electron chi connectivity index (χ2n) is 6.36. The summed E-state index contributed by atoms with van der Waals surface area (Å²) in [5.41, 5.74) is -0.271. The molecule has 0 bridgehead atoms. The van der Waals surface area contributed by atoms with Crippen molar-refractivity contribution in [3.05, 3.63) is 59.7 Å². The average Bonchev–Trinajstić information content (AvgIpc) is 2.70. The summed E-state index contributed by atoms with van der Waals surface area (Å²) in [7, 11) is 0. The summed E-state index contributed by atoms with van der Waals surface area (Å²) < 4.78 is 44.0. The number of amides is 2. The number of halogens is 3. The fourth-order valence-corrected chi connectivity index (χ4v) is 2.88. The van der Waals surface area contributed by atoms with E-state index in [2.05, 4.69) is 5.32 Å². The molecule has 1 aliphatic rings. The number of benzene rings is 2. The number of hydrogen-bond donors (Lipinski definition) is 1. The lowest BCUT2D eigenvalue weighted by molar-refractivity contribution is -0.137. The van der Waals surface area contributed by atoms with Gasteiger partial charge in [-0.05, 0) is 42.8 Å². The number of rotatable bonds is 4. The van der Waals surface area contributed by atoms with Gasteiger partial charge in [0.2, 0.25) is 0 Å². The molecular formula is C20H19F3N2O3. The summed E-state index contributed by atoms with van der Waals surface area (Å²) in [5, 5.41) is 2.73. The quantitative estimate of drug-likeness (QED) is 0.864. The Kier molecular flexibility index (Phi) is 5.58. The highest BCUT2D eigenvalue weighted by atomic mass is 19.4. The molecule has 0 saturated carbocycles. The van der Waals surface area contributed by atoms with E-state index in [1.54, 1.807) is 24.3 Å². The number of para-hydroxylation sites is 2. The van der Waals surface area contributed by atoms with Crippen molar-refractivity contribution in [3.8, 4) is 5.75 Å². The third-order valence-electron chi connectivity index (χ3n) is 4.32. The minimum Gasteiger partial charge on any atom is -0.477 e. The molecule has 0 radical (unpaired) electrons. The standard InChI is InChI=1S/C20H19F3N2O3/c1-2-11-24-18(26)17-12-25(15-5-3-4-6-16(15)28-17)19(27)13-7-9-14(10-8-13)20(21,22)23/h3-10,17H,2,11-12H2,1H3,(H,24,26)/t17-/m1/s1. The number of fused-ring (bicyclic) bond motifs is 1. The fourth-order valence-electron chi connectivity index (χ4n) is 2.88. The smallest absolute Gasteiger partial charge is 0.416 e. The molecule has 1 aliphatic heterocycles. The number of anilines is 1. The third kappa shape index (κ3) is 4.11. The second kappa shape index (κ2) is 7.92. The minimum atomic E-state index is -4.48. The Balaban J connectivity index is 1.88. The van der Waals surface area contributed by atoms with Gasteiger partial charge in [0.15, 0.2) is 6.10 Å². The molecule has 0 aromatic heterocycles. The molecule has 0 spiro atoms. The predicted molar refractivity (Wildman–Crippen MR) is 97.3 cm³/mol. The van der Waals surface area contributed by atoms with Crippen molar-refractivity contribution in [2.75, 3.05) is 18.0 Å². The summed E-state index contributed by atoms with van der Waals surface area (Å²) >= 11 is 0. The molecule has 148 valence electrons. The van der Waals surface area contributed by atoms with E-state index in [-0.39, 0.29) is 18.0 Å². The van der Waals surface area contributed by atoms with Gasteiger partial charge < -0.3 is 15.0 Å². The summed E-state index contributed by atoms with van der Waals surface area (Å²) in [4.78, 5) is 26.6. The van der Waals surface area contributed by atoms with Crippen LogP contribution >= 0.6 is 0 Å². The van der Waals surface area contributed by atoms with Crippen LogP contribution in [-0.2, 0) is 11.0 Å². The summed E-state index contributed by atoms with van der Waals surface area (Å²) in [6.45, 7) is 2.36. The molecule has 1 N–H and O–H groups in total. The number of hydrogen-bond acceptors (Lipinski definition) is 3. The van der Waals surface area contributed by atoms with E-state index < -0.39 is 23.8 Å². The zero-order chi connectivity index (χ0) is 20.3. The molecule has 0 saturated heterocycles. The van der Waals surface area contributed by atoms with Crippen molar-refractivity contribution < 1.29 is 27.5 Å². The summed E-state index contributed by atoms with van der Waals surface area (Å²) in [5.74, 6) is -0.481. The Morgan fingerprint density at radius 2 is 1.82 bits per heavy atom. The van der Waals surface area contributed by atoms with E-state index in [0.29, 0.717) is 18.0 Å². The number of carbonyl (C=O) groups excluding carboxylic acids is 2. The van der Waals surface area contributed by atoms with Gasteiger partial charge in [-0.2, -0.15) is 13.2 Å². The molecule has 28 heavy (non-hydrogen) atoms. The van der Waals surface area contributed by atoms with Gasteiger partial charge in [-0.25, -0.2) is 0 Å². The largest absolute Gasteiger partial charge is 0.477 e. The number of alkyl halides is 3. The average molecular weight is 392 g/mol. The van der Waals surface area contributed by atoms with Gasteiger partial charge >= 0.3 is 6.18 Å². The number of nitrogens with zero attached hydrogens (tertiary/aromatic N) is 1. The van der Waals surface area contributed by atoms with Gasteiger partial charge in [-0.1, -0.05) is 19.1 Å². The Bertz CT molecular complexity index is 866. The van der Waals surface area contributed by atoms with E-state index >= 15 is 0 Å². The monoisotopic (exact) mass is 392 g/mol. The van der Waals surface area contributed by atoms with Crippen LogP contribution in [0.1, 0.15) is 29.3 Å². The summed E-state index contributed by atoms with van der Waals surface area (Å²) in [6, 6.07) is 10.7. The first-order chi connectivity index (χ1) is 13.3. The first-order valence-electron chi connectivity index (χ1n) is 8.83. The number of ether oxygens (including phenoxy) is 1. The van der Waals surface area contributed by atoms with Crippen LogP contribution in [0.2, 0.25) is 0 Å². The van der Waals surface area contributed by atoms with Gasteiger partial charge in [0.05, 0.1) is 17.8 Å². The van der Waals surface area contributed by atoms with E-state index in [1.165, 1.54) is 4.90 Å². The molecule has 2 amide bonds. The summed E-state index contributed by atoms with van der Waals surface area (Å²) in [6.07, 6.45) is -4.63. The van der Waals surface area contributed by atoms with Gasteiger partial charge in [0.1, 0.15) is 5.75 Å². The van der Waals surface area contributed by atoms with Crippen molar-refractivity contribution in [2.45, 2.75) is 25.6 Å². The maximum atomic E-state index is 13.0. The molecule has 5 nitrogen and oxygen atoms in total. The molecule has 2 aromatic carbocycles. The van der Waals surface area contributed by atoms with Crippen LogP contribution in [-0.4, -0.2) is 31.0 Å². The lowest BCUT2D eigenvalue weighted by atomic mass is 10.1. The van der Waals surface area contributed by atoms with Crippen LogP contribution in [0.15, 0.2) is 48.5 Å². The first-order valence-corrected chi connectivity index (χ1v) is 8.83. The first kappa shape index (κ1) is 19.7. The van der Waals surface area contributed by atoms with Crippen LogP contribution < -0.4 is 15.0 Å². The van der Waals surface area contributed by atoms with Crippen molar-refractivity contribution in [1.29, 1.82) is 0 Å². The molecular weight excluding hydrogens is 373 g/mol. The van der Waals surface area contributed by atoms with Gasteiger partial charge in [-0.15, -0.1) is 0 Å². The Morgan fingerprint density at radius 3 is 2.46 bits per heavy atom. The minimum absolute atomic E-state index is 0.0353. The molecule has 1 atom stereocenters. The van der Waals surface area contributed by atoms with Crippen LogP contribution in [0.25, 0.3) is 0 Å². The molecule has 1 heterocycles. The van der Waals surface area contributed by atoms with Crippen LogP contribution in [0, 0.1) is 0 Å². The highest BCUT2D eigenvalue weighted by Gasteiger charge is 2.35. The van der Waals surface area contributed by atoms with E-state index in [1.807, 2.05) is 6.92 Å². The highest BCUT2D eigenvalue weighted by molar-refractivity contribution is 6.07. The second-order valence-corrected chi connectivity index (χ2v) is 6.36. The number of nitrogens with one attached hydrogen (secondary N) is 1. The van der Waals surface area contributed by atoms with E-state index in [0.717, 1.165) is 30.7 Å². The van der Waals surface area contributed by atoms with Crippen LogP contribution in [0.3, 0.4) is 0 Å². The highest BCUT2D eigenvalue weighted by Crippen LogP contribution is 2.35. The lowest BCUT2D eigenvalue weighted by Crippen LogP contribution is -2.50. The molecule has 3 rings (SSSR count). The van der Waals surface area contributed by atoms with Gasteiger partial charge in [0.25, 0.3) is 11.8 Å². The normalized spacial score (nSPS) is 16.1. The Hall–Kier alpha value is -3.03. The fraction of sp³-hybridized carbons (Fsp3) is 0.300. The zero-order valence-corrected chi connectivity index (χ0v) is 15.1. The molecule has 2 aromatic rings. The molecule has 0 unspecified atom stereocenters. The Morgan fingerprint density at radius 1 is 1.14 bits per heavy atom. The van der Waals surface area contributed by atoms with Crippen molar-refractivity contribution in [1.82, 2.24) is 5.32 Å². The van der Waals surface area contributed by atoms with Gasteiger partial charge in [0, 0.05) is 12.1 Å². The number of carbonyl (C=O) groups is 2. The molecule has 8 heteroatoms. The molecule has 0 fully saturated rings. The topological polar surface area (TPSA) is 58.6 Å². The third-order valence-corrected chi connectivity index (χ3v) is 4.32. The van der Waals surface area contributed by atoms with Crippen LogP contribution in [0.4, 0.5) is 18.9 Å². The maximum absolute atomic E-state index is 13.0. The van der Waals surface area contributed by atoms with Crippen molar-refractivity contribution in [2.24, 2.45) is 0 Å². The predicted octanol–water partition coefficient (Wildman–Crippen LogP) is 3.64. The lowest BCUT2D eigenvalue weighted by Gasteiger charge is -2.34. The van der Waals surface area contributed by atoms with Crippen molar-refractivity contribution >= 4 is 17.5 Å².